The van der Waals surface area contributed by atoms with Crippen molar-refractivity contribution in [2.75, 3.05) is 13.2 Å². The van der Waals surface area contributed by atoms with Gasteiger partial charge in [-0.15, -0.1) is 0 Å². The summed E-state index contributed by atoms with van der Waals surface area (Å²) in [6, 6.07) is 5.50. The first kappa shape index (κ1) is 44.7. The Balaban J connectivity index is 1.81. The van der Waals surface area contributed by atoms with Crippen LogP contribution in [0, 0.1) is 17.3 Å². The SMILES string of the molecule is CC(=O)OC[C@]12[C@H](OC(C)=O)[C@@H](OC(C)=O)[C@@H]3OC(=O)[C@H](C)[C@@H](C)c4ncccc4C(=O)OC[C@@]4(C)O[C@@]1([C@H](OC(=O)c1ccco1)[C@H]4[C@H](OC(C)=O)[C@H]2OC(C)=O)[C@]3(C)O. The number of rotatable bonds is 8. The summed E-state index contributed by atoms with van der Waals surface area (Å²) in [5, 5.41) is 13.6. The number of furan rings is 1. The predicted octanol–water partition coefficient (Wildman–Crippen LogP) is 1.92. The van der Waals surface area contributed by atoms with Gasteiger partial charge in [-0.25, -0.2) is 9.59 Å². The van der Waals surface area contributed by atoms with Crippen LogP contribution in [-0.2, 0) is 71.4 Å². The molecule has 2 aliphatic heterocycles. The molecule has 2 aromatic heterocycles. The van der Waals surface area contributed by atoms with Crippen LogP contribution in [0.2, 0.25) is 0 Å². The molecule has 1 N–H and O–H groups in total. The van der Waals surface area contributed by atoms with E-state index in [1.54, 1.807) is 6.92 Å². The zero-order valence-corrected chi connectivity index (χ0v) is 34.8. The summed E-state index contributed by atoms with van der Waals surface area (Å²) in [5.74, 6) is -12.5. The Morgan fingerprint density at radius 1 is 0.787 bits per heavy atom. The molecule has 20 heteroatoms. The van der Waals surface area contributed by atoms with Crippen molar-refractivity contribution >= 4 is 47.8 Å². The second kappa shape index (κ2) is 16.2. The van der Waals surface area contributed by atoms with Crippen LogP contribution in [0.5, 0.6) is 0 Å². The first-order valence-electron chi connectivity index (χ1n) is 19.4. The van der Waals surface area contributed by atoms with Crippen LogP contribution in [-0.4, -0.2) is 124 Å². The van der Waals surface area contributed by atoms with Gasteiger partial charge in [0.1, 0.15) is 42.0 Å². The molecule has 0 amide bonds. The van der Waals surface area contributed by atoms with Gasteiger partial charge in [0.05, 0.1) is 29.4 Å². The molecule has 4 aliphatic rings. The van der Waals surface area contributed by atoms with Crippen LogP contribution in [0.25, 0.3) is 0 Å². The van der Waals surface area contributed by atoms with E-state index in [0.29, 0.717) is 0 Å². The van der Waals surface area contributed by atoms with Crippen LogP contribution in [0.4, 0.5) is 0 Å². The highest BCUT2D eigenvalue weighted by Gasteiger charge is 2.92. The van der Waals surface area contributed by atoms with Crippen LogP contribution in [0.3, 0.4) is 0 Å². The number of hydrogen-bond acceptors (Lipinski definition) is 20. The van der Waals surface area contributed by atoms with E-state index in [-0.39, 0.29) is 17.0 Å². The summed E-state index contributed by atoms with van der Waals surface area (Å²) in [6.07, 6.45) is -9.78. The third kappa shape index (κ3) is 7.28. The molecule has 4 bridgehead atoms. The zero-order chi connectivity index (χ0) is 45.0. The molecule has 3 fully saturated rings. The average molecular weight is 858 g/mol. The molecule has 1 spiro atoms. The van der Waals surface area contributed by atoms with Crippen molar-refractivity contribution in [3.05, 3.63) is 53.7 Å². The highest BCUT2D eigenvalue weighted by molar-refractivity contribution is 5.91. The fourth-order valence-electron chi connectivity index (χ4n) is 9.64. The molecule has 61 heavy (non-hydrogen) atoms. The van der Waals surface area contributed by atoms with Crippen molar-refractivity contribution in [2.45, 2.75) is 122 Å². The Morgan fingerprint density at radius 2 is 1.39 bits per heavy atom. The van der Waals surface area contributed by atoms with Crippen molar-refractivity contribution < 1.29 is 90.5 Å². The van der Waals surface area contributed by atoms with Gasteiger partial charge < -0.3 is 52.2 Å². The third-order valence-corrected chi connectivity index (χ3v) is 12.1. The van der Waals surface area contributed by atoms with E-state index in [9.17, 15) is 43.5 Å². The van der Waals surface area contributed by atoms with E-state index in [1.165, 1.54) is 44.3 Å². The summed E-state index contributed by atoms with van der Waals surface area (Å²) in [6.45, 7) is 8.48. The van der Waals surface area contributed by atoms with Gasteiger partial charge >= 0.3 is 47.8 Å². The minimum atomic E-state index is -2.89. The maximum absolute atomic E-state index is 14.5. The van der Waals surface area contributed by atoms with Gasteiger partial charge in [0.15, 0.2) is 30.0 Å². The Labute approximate surface area is 348 Å². The van der Waals surface area contributed by atoms with Gasteiger partial charge in [-0.3, -0.25) is 33.8 Å². The lowest BCUT2D eigenvalue weighted by atomic mass is 9.45. The quantitative estimate of drug-likeness (QED) is 0.293. The van der Waals surface area contributed by atoms with Crippen LogP contribution < -0.4 is 0 Å². The van der Waals surface area contributed by atoms with Crippen molar-refractivity contribution in [1.29, 1.82) is 0 Å². The van der Waals surface area contributed by atoms with Gasteiger partial charge in [0.25, 0.3) is 0 Å². The van der Waals surface area contributed by atoms with Gasteiger partial charge in [-0.1, -0.05) is 13.8 Å². The summed E-state index contributed by atoms with van der Waals surface area (Å²) in [4.78, 5) is 113. The number of esters is 8. The number of carbonyl (C=O) groups excluding carboxylic acids is 8. The van der Waals surface area contributed by atoms with E-state index < -0.39 is 138 Å². The standard InChI is InChI=1S/C41H47NO19/c1-18-19(2)35(48)60-32-30(56-22(5)45)34(58-24(7)47)40(17-53-20(3)43)33(57-23(6)46)29(55-21(4)44)27-31(59-37(50)26-13-11-15-52-26)41(40,39(32,9)51)61-38(27,8)16-54-36(49)25-12-10-14-42-28(18)25/h10-15,18-19,27,29-34,51H,16-17H2,1-9H3/t18-,19-,27-,29+,30+,31-,32+,33-,34-,38-,39-,40+,41+/m1/s1. The Bertz CT molecular complexity index is 2120. The normalized spacial score (nSPS) is 36.5. The lowest BCUT2D eigenvalue weighted by Crippen LogP contribution is -2.89. The molecule has 0 unspecified atom stereocenters. The maximum atomic E-state index is 14.5. The average Bonchev–Trinajstić information content (AvgIpc) is 3.79. The minimum absolute atomic E-state index is 0.0614. The second-order valence-electron chi connectivity index (χ2n) is 16.1. The fraction of sp³-hybridized carbons (Fsp3) is 0.585. The van der Waals surface area contributed by atoms with Crippen molar-refractivity contribution in [3.63, 3.8) is 0 Å². The second-order valence-corrected chi connectivity index (χ2v) is 16.1. The van der Waals surface area contributed by atoms with Crippen molar-refractivity contribution in [2.24, 2.45) is 17.3 Å². The Morgan fingerprint density at radius 3 is 1.97 bits per heavy atom. The number of hydrogen-bond donors (Lipinski definition) is 1. The zero-order valence-electron chi connectivity index (χ0n) is 34.8. The molecule has 2 aliphatic carbocycles. The molecule has 6 rings (SSSR count). The van der Waals surface area contributed by atoms with Crippen molar-refractivity contribution in [1.82, 2.24) is 4.98 Å². The number of nitrogens with zero attached hydrogens (tertiary/aromatic N) is 1. The number of aliphatic hydroxyl groups is 1. The number of carbonyl (C=O) groups is 8. The minimum Gasteiger partial charge on any atom is -0.465 e. The number of ether oxygens (including phenoxy) is 9. The molecule has 1 saturated heterocycles. The van der Waals surface area contributed by atoms with Gasteiger partial charge in [-0.2, -0.15) is 0 Å². The van der Waals surface area contributed by atoms with Crippen LogP contribution >= 0.6 is 0 Å². The molecule has 20 nitrogen and oxygen atoms in total. The highest BCUT2D eigenvalue weighted by atomic mass is 16.7. The van der Waals surface area contributed by atoms with E-state index in [2.05, 4.69) is 4.98 Å². The summed E-state index contributed by atoms with van der Waals surface area (Å²) >= 11 is 0. The van der Waals surface area contributed by atoms with Gasteiger partial charge in [0, 0.05) is 46.7 Å². The summed E-state index contributed by atoms with van der Waals surface area (Å²) in [5.41, 5.74) is -10.5. The molecule has 0 aromatic carbocycles. The van der Waals surface area contributed by atoms with E-state index in [0.717, 1.165) is 47.8 Å². The van der Waals surface area contributed by atoms with Crippen LogP contribution in [0.1, 0.15) is 94.8 Å². The van der Waals surface area contributed by atoms with E-state index in [1.807, 2.05) is 0 Å². The molecule has 13 atom stereocenters. The summed E-state index contributed by atoms with van der Waals surface area (Å²) in [7, 11) is 0. The largest absolute Gasteiger partial charge is 0.465 e. The Hall–Kier alpha value is -5.89. The van der Waals surface area contributed by atoms with E-state index >= 15 is 0 Å². The first-order valence-corrected chi connectivity index (χ1v) is 19.4. The highest BCUT2D eigenvalue weighted by Crippen LogP contribution is 2.70. The number of pyridine rings is 1. The lowest BCUT2D eigenvalue weighted by molar-refractivity contribution is -0.386. The molecule has 2 saturated carbocycles. The monoisotopic (exact) mass is 857 g/mol. The lowest BCUT2D eigenvalue weighted by Gasteiger charge is -2.67. The van der Waals surface area contributed by atoms with Gasteiger partial charge in [-0.05, 0) is 38.1 Å². The molecule has 0 radical (unpaired) electrons. The molecular formula is C41H47NO19. The molecule has 330 valence electrons. The predicted molar refractivity (Wildman–Crippen MR) is 198 cm³/mol. The molecule has 2 aromatic rings. The summed E-state index contributed by atoms with van der Waals surface area (Å²) < 4.78 is 60.3. The topological polar surface area (TPSA) is 266 Å². The smallest absolute Gasteiger partial charge is 0.374 e. The third-order valence-electron chi connectivity index (χ3n) is 12.1. The number of aromatic nitrogens is 1. The maximum Gasteiger partial charge on any atom is 0.374 e. The molecular weight excluding hydrogens is 810 g/mol. The van der Waals surface area contributed by atoms with Gasteiger partial charge in [0.2, 0.25) is 5.76 Å². The number of cyclic esters (lactones) is 1. The first-order chi connectivity index (χ1) is 28.5. The van der Waals surface area contributed by atoms with E-state index in [4.69, 9.17) is 47.0 Å². The fourth-order valence-corrected chi connectivity index (χ4v) is 9.64. The van der Waals surface area contributed by atoms with Crippen LogP contribution in [0.15, 0.2) is 41.1 Å². The van der Waals surface area contributed by atoms with Crippen molar-refractivity contribution in [3.8, 4) is 0 Å². The Kier molecular flexibility index (Phi) is 11.8. The molecule has 4 heterocycles. The number of fused-ring (bicyclic) bond motifs is 5.